The van der Waals surface area contributed by atoms with Crippen LogP contribution in [-0.2, 0) is 17.9 Å². The van der Waals surface area contributed by atoms with Gasteiger partial charge in [-0.25, -0.2) is 0 Å². The molecule has 1 aliphatic rings. The van der Waals surface area contributed by atoms with Crippen molar-refractivity contribution in [2.24, 2.45) is 10.2 Å². The monoisotopic (exact) mass is 685 g/mol. The number of hydrogen-bond acceptors (Lipinski definition) is 8. The SMILES string of the molecule is COc1cc(/C=C2\S/C(=N\N=C\c3cc(Br)ccc3O)N(Cc3ccco3)C2=O)ccc1OCc1ccc(Cl)cc1Cl. The number of phenols is 1. The first kappa shape index (κ1) is 29.8. The highest BCUT2D eigenvalue weighted by Crippen LogP contribution is 2.36. The van der Waals surface area contributed by atoms with Crippen molar-refractivity contribution in [3.63, 3.8) is 0 Å². The summed E-state index contributed by atoms with van der Waals surface area (Å²) >= 11 is 16.8. The van der Waals surface area contributed by atoms with Gasteiger partial charge in [-0.3, -0.25) is 9.69 Å². The van der Waals surface area contributed by atoms with Gasteiger partial charge in [-0.15, -0.1) is 5.10 Å². The maximum absolute atomic E-state index is 13.5. The number of furan rings is 1. The van der Waals surface area contributed by atoms with Gasteiger partial charge in [-0.2, -0.15) is 5.10 Å². The molecule has 0 saturated carbocycles. The zero-order chi connectivity index (χ0) is 29.6. The summed E-state index contributed by atoms with van der Waals surface area (Å²) in [6.45, 7) is 0.400. The van der Waals surface area contributed by atoms with Gasteiger partial charge in [-0.1, -0.05) is 51.3 Å². The van der Waals surface area contributed by atoms with Crippen molar-refractivity contribution < 1.29 is 23.8 Å². The normalized spacial score (nSPS) is 15.3. The van der Waals surface area contributed by atoms with Gasteiger partial charge in [0, 0.05) is 25.6 Å². The molecule has 1 amide bonds. The number of phenolic OH excluding ortho intramolecular Hbond substituents is 1. The van der Waals surface area contributed by atoms with E-state index in [-0.39, 0.29) is 24.8 Å². The highest BCUT2D eigenvalue weighted by atomic mass is 79.9. The van der Waals surface area contributed by atoms with Crippen LogP contribution >= 0.6 is 50.9 Å². The zero-order valence-electron chi connectivity index (χ0n) is 22.0. The van der Waals surface area contributed by atoms with E-state index in [2.05, 4.69) is 26.1 Å². The molecule has 0 bridgehead atoms. The number of carbonyl (C=O) groups excluding carboxylic acids is 1. The minimum absolute atomic E-state index is 0.0583. The number of benzene rings is 3. The molecule has 214 valence electrons. The summed E-state index contributed by atoms with van der Waals surface area (Å²) in [5, 5.41) is 19.9. The number of halogens is 3. The molecule has 0 unspecified atom stereocenters. The molecule has 5 rings (SSSR count). The lowest BCUT2D eigenvalue weighted by atomic mass is 10.1. The summed E-state index contributed by atoms with van der Waals surface area (Å²) in [5.41, 5.74) is 1.98. The van der Waals surface area contributed by atoms with Crippen LogP contribution in [-0.4, -0.2) is 34.4 Å². The van der Waals surface area contributed by atoms with Crippen LogP contribution in [0, 0.1) is 0 Å². The highest BCUT2D eigenvalue weighted by molar-refractivity contribution is 9.10. The molecule has 1 N–H and O–H groups in total. The first-order valence-electron chi connectivity index (χ1n) is 12.4. The van der Waals surface area contributed by atoms with E-state index in [0.29, 0.717) is 42.9 Å². The summed E-state index contributed by atoms with van der Waals surface area (Å²) in [6.07, 6.45) is 4.71. The third-order valence-electron chi connectivity index (χ3n) is 6.00. The van der Waals surface area contributed by atoms with E-state index >= 15 is 0 Å². The summed E-state index contributed by atoms with van der Waals surface area (Å²) < 4.78 is 17.7. The number of hydrogen-bond donors (Lipinski definition) is 1. The molecule has 0 atom stereocenters. The van der Waals surface area contributed by atoms with Crippen LogP contribution < -0.4 is 9.47 Å². The third kappa shape index (κ3) is 7.19. The van der Waals surface area contributed by atoms with Gasteiger partial charge in [0.2, 0.25) is 0 Å². The number of amidine groups is 1. The molecule has 1 aromatic heterocycles. The van der Waals surface area contributed by atoms with E-state index in [1.54, 1.807) is 80.1 Å². The molecular weight excluding hydrogens is 665 g/mol. The van der Waals surface area contributed by atoms with Crippen LogP contribution in [0.2, 0.25) is 10.0 Å². The van der Waals surface area contributed by atoms with Gasteiger partial charge in [-0.05, 0) is 78.0 Å². The van der Waals surface area contributed by atoms with Gasteiger partial charge >= 0.3 is 0 Å². The molecule has 1 aliphatic heterocycles. The number of methoxy groups -OCH3 is 1. The number of nitrogens with zero attached hydrogens (tertiary/aromatic N) is 3. The van der Waals surface area contributed by atoms with Crippen molar-refractivity contribution in [1.29, 1.82) is 0 Å². The molecule has 1 saturated heterocycles. The maximum atomic E-state index is 13.5. The van der Waals surface area contributed by atoms with Crippen LogP contribution in [0.25, 0.3) is 6.08 Å². The van der Waals surface area contributed by atoms with Crippen LogP contribution in [0.15, 0.2) is 97.0 Å². The van der Waals surface area contributed by atoms with Crippen molar-refractivity contribution in [2.75, 3.05) is 7.11 Å². The molecule has 2 heterocycles. The van der Waals surface area contributed by atoms with Crippen molar-refractivity contribution >= 4 is 74.3 Å². The quantitative estimate of drug-likeness (QED) is 0.108. The Bertz CT molecular complexity index is 1710. The Morgan fingerprint density at radius 1 is 1.10 bits per heavy atom. The summed E-state index contributed by atoms with van der Waals surface area (Å²) in [7, 11) is 1.54. The Morgan fingerprint density at radius 3 is 2.71 bits per heavy atom. The fraction of sp³-hybridized carbons (Fsp3) is 0.100. The smallest absolute Gasteiger partial charge is 0.267 e. The highest BCUT2D eigenvalue weighted by Gasteiger charge is 2.34. The number of ether oxygens (including phenoxy) is 2. The van der Waals surface area contributed by atoms with E-state index < -0.39 is 0 Å². The summed E-state index contributed by atoms with van der Waals surface area (Å²) in [6, 6.07) is 19.1. The van der Waals surface area contributed by atoms with Crippen LogP contribution in [0.3, 0.4) is 0 Å². The Balaban J connectivity index is 1.38. The Labute approximate surface area is 264 Å². The second-order valence-corrected chi connectivity index (χ2v) is 11.6. The van der Waals surface area contributed by atoms with Crippen LogP contribution in [0.1, 0.15) is 22.5 Å². The second-order valence-electron chi connectivity index (χ2n) is 8.85. The number of amides is 1. The molecule has 1 fully saturated rings. The molecule has 42 heavy (non-hydrogen) atoms. The second kappa shape index (κ2) is 13.5. The van der Waals surface area contributed by atoms with Crippen molar-refractivity contribution in [3.8, 4) is 17.2 Å². The van der Waals surface area contributed by atoms with Crippen molar-refractivity contribution in [3.05, 3.63) is 115 Å². The van der Waals surface area contributed by atoms with Gasteiger partial charge in [0.05, 0.1) is 31.0 Å². The Hall–Kier alpha value is -3.70. The average Bonchev–Trinajstić information content (AvgIpc) is 3.59. The maximum Gasteiger partial charge on any atom is 0.267 e. The minimum Gasteiger partial charge on any atom is -0.507 e. The lowest BCUT2D eigenvalue weighted by Crippen LogP contribution is -2.28. The molecule has 4 aromatic rings. The largest absolute Gasteiger partial charge is 0.507 e. The first-order chi connectivity index (χ1) is 20.3. The van der Waals surface area contributed by atoms with Gasteiger partial charge < -0.3 is 19.0 Å². The lowest BCUT2D eigenvalue weighted by molar-refractivity contribution is -0.122. The first-order valence-corrected chi connectivity index (χ1v) is 14.8. The van der Waals surface area contributed by atoms with Crippen molar-refractivity contribution in [1.82, 2.24) is 4.90 Å². The predicted octanol–water partition coefficient (Wildman–Crippen LogP) is 8.15. The average molecular weight is 687 g/mol. The standard InChI is InChI=1S/C30H22BrCl2N3O5S/c1-39-27-11-18(4-9-26(27)41-17-19-5-7-22(32)14-24(19)33)12-28-29(38)36(16-23-3-2-10-40-23)30(42-28)35-34-15-20-13-21(31)6-8-25(20)37/h2-15,37H,16-17H2,1H3/b28-12-,34-15+,35-30-. The van der Waals surface area contributed by atoms with E-state index in [0.717, 1.165) is 15.6 Å². The predicted molar refractivity (Wildman–Crippen MR) is 169 cm³/mol. The molecule has 0 aliphatic carbocycles. The summed E-state index contributed by atoms with van der Waals surface area (Å²) in [5.74, 6) is 1.40. The molecule has 0 radical (unpaired) electrons. The van der Waals surface area contributed by atoms with E-state index in [4.69, 9.17) is 37.1 Å². The molecule has 3 aromatic carbocycles. The molecule has 8 nitrogen and oxygen atoms in total. The summed E-state index contributed by atoms with van der Waals surface area (Å²) in [4.78, 5) is 15.4. The van der Waals surface area contributed by atoms with Gasteiger partial charge in [0.25, 0.3) is 5.91 Å². The van der Waals surface area contributed by atoms with Crippen molar-refractivity contribution in [2.45, 2.75) is 13.2 Å². The third-order valence-corrected chi connectivity index (χ3v) is 8.07. The van der Waals surface area contributed by atoms with E-state index in [1.807, 2.05) is 6.07 Å². The van der Waals surface area contributed by atoms with Crippen LogP contribution in [0.4, 0.5) is 0 Å². The molecule has 0 spiro atoms. The molecule has 12 heteroatoms. The fourth-order valence-corrected chi connectivity index (χ4v) is 5.67. The van der Waals surface area contributed by atoms with E-state index in [9.17, 15) is 9.90 Å². The molecular formula is C30H22BrCl2N3O5S. The number of aromatic hydroxyl groups is 1. The fourth-order valence-electron chi connectivity index (χ4n) is 3.89. The Kier molecular flexibility index (Phi) is 9.58. The number of thioether (sulfide) groups is 1. The number of rotatable bonds is 9. The zero-order valence-corrected chi connectivity index (χ0v) is 25.9. The Morgan fingerprint density at radius 2 is 1.95 bits per heavy atom. The van der Waals surface area contributed by atoms with Gasteiger partial charge in [0.1, 0.15) is 18.1 Å². The topological polar surface area (TPSA) is 96.9 Å². The van der Waals surface area contributed by atoms with Crippen LogP contribution in [0.5, 0.6) is 17.2 Å². The van der Waals surface area contributed by atoms with E-state index in [1.165, 1.54) is 22.9 Å². The minimum atomic E-state index is -0.257. The van der Waals surface area contributed by atoms with Gasteiger partial charge in [0.15, 0.2) is 16.7 Å². The lowest BCUT2D eigenvalue weighted by Gasteiger charge is -2.13. The number of carbonyl (C=O) groups is 1.